The van der Waals surface area contributed by atoms with Gasteiger partial charge in [-0.1, -0.05) is 6.07 Å². The fourth-order valence-corrected chi connectivity index (χ4v) is 2.02. The number of hydrogen-bond donors (Lipinski definition) is 1. The molecule has 5 nitrogen and oxygen atoms in total. The maximum absolute atomic E-state index is 13.5. The van der Waals surface area contributed by atoms with Crippen LogP contribution in [-0.2, 0) is 14.4 Å². The van der Waals surface area contributed by atoms with E-state index in [0.717, 1.165) is 10.5 Å². The zero-order valence-corrected chi connectivity index (χ0v) is 11.1. The summed E-state index contributed by atoms with van der Waals surface area (Å²) in [6.07, 6.45) is 0.366. The number of carbonyl (C=O) groups is 3. The van der Waals surface area contributed by atoms with E-state index in [4.69, 9.17) is 0 Å². The Morgan fingerprint density at radius 2 is 1.95 bits per heavy atom. The summed E-state index contributed by atoms with van der Waals surface area (Å²) in [6.45, 7) is 1.79. The van der Waals surface area contributed by atoms with Crippen molar-refractivity contribution in [3.63, 3.8) is 0 Å². The molecule has 2 rings (SSSR count). The van der Waals surface area contributed by atoms with Crippen molar-refractivity contribution in [2.75, 3.05) is 11.9 Å². The Morgan fingerprint density at radius 1 is 1.30 bits per heavy atom. The van der Waals surface area contributed by atoms with Crippen LogP contribution in [0.25, 0.3) is 0 Å². The third-order valence-electron chi connectivity index (χ3n) is 3.12. The second kappa shape index (κ2) is 5.81. The standard InChI is InChI=1S/C14H15FN2O3/c1-9-2-3-11(10(15)8-9)16-12(18)6-7-17-13(19)4-5-14(17)20/h2-3,8H,4-7H2,1H3,(H,16,18). The van der Waals surface area contributed by atoms with Crippen molar-refractivity contribution in [1.29, 1.82) is 0 Å². The molecule has 0 bridgehead atoms. The molecule has 1 fully saturated rings. The summed E-state index contributed by atoms with van der Waals surface area (Å²) in [5, 5.41) is 2.43. The number of aryl methyl sites for hydroxylation is 1. The highest BCUT2D eigenvalue weighted by atomic mass is 19.1. The molecule has 1 heterocycles. The minimum atomic E-state index is -0.508. The van der Waals surface area contributed by atoms with Crippen LogP contribution >= 0.6 is 0 Å². The summed E-state index contributed by atoms with van der Waals surface area (Å²) in [6, 6.07) is 4.49. The van der Waals surface area contributed by atoms with Gasteiger partial charge in [0.2, 0.25) is 17.7 Å². The molecular weight excluding hydrogens is 263 g/mol. The lowest BCUT2D eigenvalue weighted by atomic mass is 10.2. The quantitative estimate of drug-likeness (QED) is 0.851. The number of rotatable bonds is 4. The van der Waals surface area contributed by atoms with Gasteiger partial charge in [0, 0.05) is 25.8 Å². The van der Waals surface area contributed by atoms with Crippen molar-refractivity contribution in [2.24, 2.45) is 0 Å². The third kappa shape index (κ3) is 3.20. The van der Waals surface area contributed by atoms with Gasteiger partial charge in [0.1, 0.15) is 5.82 Å². The first-order valence-electron chi connectivity index (χ1n) is 6.36. The van der Waals surface area contributed by atoms with E-state index in [1.165, 1.54) is 12.1 Å². The molecule has 1 aromatic rings. The van der Waals surface area contributed by atoms with Gasteiger partial charge in [0.25, 0.3) is 0 Å². The number of amides is 3. The molecule has 0 aliphatic carbocycles. The molecule has 106 valence electrons. The van der Waals surface area contributed by atoms with Gasteiger partial charge < -0.3 is 5.32 Å². The number of anilines is 1. The van der Waals surface area contributed by atoms with E-state index in [0.29, 0.717) is 0 Å². The van der Waals surface area contributed by atoms with E-state index < -0.39 is 11.7 Å². The second-order valence-electron chi connectivity index (χ2n) is 4.72. The Labute approximate surface area is 115 Å². The van der Waals surface area contributed by atoms with Crippen molar-refractivity contribution in [2.45, 2.75) is 26.2 Å². The highest BCUT2D eigenvalue weighted by Gasteiger charge is 2.28. The van der Waals surface area contributed by atoms with Crippen molar-refractivity contribution in [1.82, 2.24) is 4.90 Å². The average molecular weight is 278 g/mol. The average Bonchev–Trinajstić information content (AvgIpc) is 2.70. The largest absolute Gasteiger partial charge is 0.324 e. The Kier molecular flexibility index (Phi) is 4.12. The molecule has 0 aromatic heterocycles. The van der Waals surface area contributed by atoms with E-state index in [1.54, 1.807) is 13.0 Å². The van der Waals surface area contributed by atoms with Crippen LogP contribution in [0.1, 0.15) is 24.8 Å². The minimum Gasteiger partial charge on any atom is -0.324 e. The predicted octanol–water partition coefficient (Wildman–Crippen LogP) is 1.61. The van der Waals surface area contributed by atoms with E-state index in [-0.39, 0.29) is 43.3 Å². The van der Waals surface area contributed by atoms with Crippen LogP contribution in [0.4, 0.5) is 10.1 Å². The number of nitrogens with one attached hydrogen (secondary N) is 1. The second-order valence-corrected chi connectivity index (χ2v) is 4.72. The number of benzene rings is 1. The van der Waals surface area contributed by atoms with Gasteiger partial charge in [-0.3, -0.25) is 19.3 Å². The van der Waals surface area contributed by atoms with E-state index in [2.05, 4.69) is 5.32 Å². The minimum absolute atomic E-state index is 0.0369. The van der Waals surface area contributed by atoms with Crippen LogP contribution in [0, 0.1) is 12.7 Å². The van der Waals surface area contributed by atoms with E-state index in [1.807, 2.05) is 0 Å². The number of imide groups is 1. The summed E-state index contributed by atoms with van der Waals surface area (Å²) < 4.78 is 13.5. The van der Waals surface area contributed by atoms with Gasteiger partial charge in [-0.15, -0.1) is 0 Å². The molecule has 0 unspecified atom stereocenters. The van der Waals surface area contributed by atoms with E-state index in [9.17, 15) is 18.8 Å². The lowest BCUT2D eigenvalue weighted by Crippen LogP contribution is -2.32. The van der Waals surface area contributed by atoms with Crippen LogP contribution in [0.2, 0.25) is 0 Å². The summed E-state index contributed by atoms with van der Waals surface area (Å²) in [5.41, 5.74) is 0.855. The molecule has 0 radical (unpaired) electrons. The number of carbonyl (C=O) groups excluding carboxylic acids is 3. The van der Waals surface area contributed by atoms with Crippen molar-refractivity contribution in [3.8, 4) is 0 Å². The molecule has 1 aliphatic rings. The Morgan fingerprint density at radius 3 is 2.55 bits per heavy atom. The first-order chi connectivity index (χ1) is 9.47. The number of likely N-dealkylation sites (tertiary alicyclic amines) is 1. The van der Waals surface area contributed by atoms with Crippen molar-refractivity contribution in [3.05, 3.63) is 29.6 Å². The van der Waals surface area contributed by atoms with E-state index >= 15 is 0 Å². The number of nitrogens with zero attached hydrogens (tertiary/aromatic N) is 1. The highest BCUT2D eigenvalue weighted by Crippen LogP contribution is 2.16. The number of halogens is 1. The van der Waals surface area contributed by atoms with Crippen LogP contribution in [0.3, 0.4) is 0 Å². The van der Waals surface area contributed by atoms with Crippen LogP contribution < -0.4 is 5.32 Å². The van der Waals surface area contributed by atoms with Gasteiger partial charge in [-0.2, -0.15) is 0 Å². The van der Waals surface area contributed by atoms with Gasteiger partial charge in [0.15, 0.2) is 0 Å². The molecule has 20 heavy (non-hydrogen) atoms. The Hall–Kier alpha value is -2.24. The first kappa shape index (κ1) is 14.2. The Bertz CT molecular complexity index is 556. The topological polar surface area (TPSA) is 66.5 Å². The molecule has 3 amide bonds. The normalized spacial score (nSPS) is 14.8. The van der Waals surface area contributed by atoms with Crippen molar-refractivity contribution < 1.29 is 18.8 Å². The van der Waals surface area contributed by atoms with Gasteiger partial charge in [-0.25, -0.2) is 4.39 Å². The van der Waals surface area contributed by atoms with Gasteiger partial charge in [0.05, 0.1) is 5.69 Å². The summed E-state index contributed by atoms with van der Waals surface area (Å²) >= 11 is 0. The fraction of sp³-hybridized carbons (Fsp3) is 0.357. The molecule has 0 spiro atoms. The lowest BCUT2D eigenvalue weighted by Gasteiger charge is -2.13. The fourth-order valence-electron chi connectivity index (χ4n) is 2.02. The molecule has 0 saturated carbocycles. The SMILES string of the molecule is Cc1ccc(NC(=O)CCN2C(=O)CCC2=O)c(F)c1. The summed E-state index contributed by atoms with van der Waals surface area (Å²) in [7, 11) is 0. The zero-order chi connectivity index (χ0) is 14.7. The Balaban J connectivity index is 1.89. The smallest absolute Gasteiger partial charge is 0.229 e. The van der Waals surface area contributed by atoms with Gasteiger partial charge in [-0.05, 0) is 24.6 Å². The molecule has 1 saturated heterocycles. The predicted molar refractivity (Wildman–Crippen MR) is 70.3 cm³/mol. The summed E-state index contributed by atoms with van der Waals surface area (Å²) in [5.74, 6) is -1.46. The molecule has 0 atom stereocenters. The van der Waals surface area contributed by atoms with Crippen LogP contribution in [0.15, 0.2) is 18.2 Å². The van der Waals surface area contributed by atoms with Crippen LogP contribution in [0.5, 0.6) is 0 Å². The monoisotopic (exact) mass is 278 g/mol. The van der Waals surface area contributed by atoms with Crippen LogP contribution in [-0.4, -0.2) is 29.2 Å². The maximum atomic E-state index is 13.5. The first-order valence-corrected chi connectivity index (χ1v) is 6.36. The lowest BCUT2D eigenvalue weighted by molar-refractivity contribution is -0.138. The zero-order valence-electron chi connectivity index (χ0n) is 11.1. The highest BCUT2D eigenvalue weighted by molar-refractivity contribution is 6.02. The molecule has 1 aromatic carbocycles. The molecule has 1 aliphatic heterocycles. The molecule has 1 N–H and O–H groups in total. The van der Waals surface area contributed by atoms with Gasteiger partial charge >= 0.3 is 0 Å². The number of hydrogen-bond acceptors (Lipinski definition) is 3. The maximum Gasteiger partial charge on any atom is 0.229 e. The molecule has 6 heteroatoms. The van der Waals surface area contributed by atoms with Crippen molar-refractivity contribution >= 4 is 23.4 Å². The third-order valence-corrected chi connectivity index (χ3v) is 3.12. The molecular formula is C14H15FN2O3. The summed E-state index contributed by atoms with van der Waals surface area (Å²) in [4.78, 5) is 35.5.